The highest BCUT2D eigenvalue weighted by atomic mass is 14.3. The zero-order valence-corrected chi connectivity index (χ0v) is 23.5. The molecule has 0 heterocycles. The lowest BCUT2D eigenvalue weighted by Crippen LogP contribution is -2.11. The van der Waals surface area contributed by atoms with Gasteiger partial charge in [0.15, 0.2) is 0 Å². The van der Waals surface area contributed by atoms with E-state index >= 15 is 0 Å². The third kappa shape index (κ3) is 4.46. The lowest BCUT2D eigenvalue weighted by Gasteiger charge is -2.24. The fourth-order valence-electron chi connectivity index (χ4n) is 5.85. The molecule has 6 rings (SSSR count). The molecule has 6 aromatic carbocycles. The summed E-state index contributed by atoms with van der Waals surface area (Å²) in [7, 11) is 0. The van der Waals surface area contributed by atoms with Gasteiger partial charge in [0.1, 0.15) is 0 Å². The van der Waals surface area contributed by atoms with E-state index in [1.807, 2.05) is 12.2 Å². The third-order valence-electron chi connectivity index (χ3n) is 7.98. The minimum atomic E-state index is 0.0250. The number of fused-ring (bicyclic) bond motifs is 2. The summed E-state index contributed by atoms with van der Waals surface area (Å²) in [6.45, 7) is 15.4. The van der Waals surface area contributed by atoms with Crippen molar-refractivity contribution in [3.05, 3.63) is 145 Å². The number of benzene rings is 6. The van der Waals surface area contributed by atoms with Crippen molar-refractivity contribution in [1.82, 2.24) is 0 Å². The summed E-state index contributed by atoms with van der Waals surface area (Å²) in [5.74, 6) is 0. The van der Waals surface area contributed by atoms with Gasteiger partial charge in [-0.05, 0) is 89.2 Å². The van der Waals surface area contributed by atoms with Gasteiger partial charge in [0.05, 0.1) is 0 Å². The van der Waals surface area contributed by atoms with Gasteiger partial charge < -0.3 is 0 Å². The number of hydrogen-bond acceptors (Lipinski definition) is 0. The normalized spacial score (nSPS) is 11.6. The molecule has 0 aliphatic rings. The maximum Gasteiger partial charge on any atom is -0.00264 e. The smallest absolute Gasteiger partial charge is 0.00264 e. The Bertz CT molecular complexity index is 1880. The van der Waals surface area contributed by atoms with Crippen LogP contribution < -0.4 is 0 Å². The molecule has 0 aromatic heterocycles. The maximum absolute atomic E-state index is 4.31. The summed E-state index contributed by atoms with van der Waals surface area (Å²) in [6.07, 6.45) is 4.01. The van der Waals surface area contributed by atoms with Crippen LogP contribution >= 0.6 is 0 Å². The van der Waals surface area contributed by atoms with Gasteiger partial charge in [-0.3, -0.25) is 0 Å². The van der Waals surface area contributed by atoms with Gasteiger partial charge in [0.2, 0.25) is 0 Å². The molecule has 40 heavy (non-hydrogen) atoms. The Hall–Kier alpha value is -4.68. The second-order valence-corrected chi connectivity index (χ2v) is 11.5. The molecule has 0 unspecified atom stereocenters. The predicted octanol–water partition coefficient (Wildman–Crippen LogP) is 11.6. The molecule has 194 valence electrons. The minimum absolute atomic E-state index is 0.0250. The Morgan fingerprint density at radius 3 is 1.68 bits per heavy atom. The van der Waals surface area contributed by atoms with E-state index in [1.165, 1.54) is 60.5 Å². The Labute approximate surface area is 238 Å². The van der Waals surface area contributed by atoms with Crippen LogP contribution in [0.1, 0.15) is 37.5 Å². The van der Waals surface area contributed by atoms with Crippen LogP contribution in [-0.2, 0) is 5.41 Å². The first-order valence-electron chi connectivity index (χ1n) is 13.9. The van der Waals surface area contributed by atoms with Crippen molar-refractivity contribution in [1.29, 1.82) is 0 Å². The lowest BCUT2D eigenvalue weighted by atomic mass is 9.79. The van der Waals surface area contributed by atoms with Crippen molar-refractivity contribution in [2.24, 2.45) is 0 Å². The van der Waals surface area contributed by atoms with Crippen molar-refractivity contribution in [2.75, 3.05) is 0 Å². The zero-order chi connectivity index (χ0) is 27.9. The Kier molecular flexibility index (Phi) is 6.48. The second kappa shape index (κ2) is 10.1. The van der Waals surface area contributed by atoms with Gasteiger partial charge in [-0.15, -0.1) is 0 Å². The van der Waals surface area contributed by atoms with Crippen LogP contribution in [0.25, 0.3) is 67.1 Å². The Balaban J connectivity index is 1.68. The van der Waals surface area contributed by atoms with E-state index in [9.17, 15) is 0 Å². The fourth-order valence-corrected chi connectivity index (χ4v) is 5.85. The standard InChI is InChI=1S/C40H34/c1-6-34-35(7-2)39(32-22-19-28-15-11-12-16-31(28)25-32)36-24-23-33(40(3,4)5)26-37(36)38(34)30-20-17-29(18-21-30)27-13-9-8-10-14-27/h6-26H,1-2H2,3-5H3. The van der Waals surface area contributed by atoms with E-state index in [0.29, 0.717) is 0 Å². The molecule has 0 aliphatic carbocycles. The second-order valence-electron chi connectivity index (χ2n) is 11.5. The van der Waals surface area contributed by atoms with Crippen LogP contribution in [0.5, 0.6) is 0 Å². The molecular formula is C40H34. The van der Waals surface area contributed by atoms with Gasteiger partial charge >= 0.3 is 0 Å². The monoisotopic (exact) mass is 514 g/mol. The highest BCUT2D eigenvalue weighted by molar-refractivity contribution is 6.12. The van der Waals surface area contributed by atoms with Gasteiger partial charge in [0.25, 0.3) is 0 Å². The van der Waals surface area contributed by atoms with E-state index in [1.54, 1.807) is 0 Å². The molecule has 0 atom stereocenters. The van der Waals surface area contributed by atoms with Crippen LogP contribution in [0.3, 0.4) is 0 Å². The predicted molar refractivity (Wildman–Crippen MR) is 177 cm³/mol. The Morgan fingerprint density at radius 1 is 0.475 bits per heavy atom. The highest BCUT2D eigenvalue weighted by Crippen LogP contribution is 2.45. The summed E-state index contributed by atoms with van der Waals surface area (Å²) < 4.78 is 0. The molecular weight excluding hydrogens is 480 g/mol. The summed E-state index contributed by atoms with van der Waals surface area (Å²) >= 11 is 0. The van der Waals surface area contributed by atoms with Gasteiger partial charge in [-0.2, -0.15) is 0 Å². The molecule has 0 radical (unpaired) electrons. The topological polar surface area (TPSA) is 0 Å². The zero-order valence-electron chi connectivity index (χ0n) is 23.5. The van der Waals surface area contributed by atoms with Crippen LogP contribution in [0.2, 0.25) is 0 Å². The molecule has 0 nitrogen and oxygen atoms in total. The first-order chi connectivity index (χ1) is 19.4. The molecule has 0 heteroatoms. The fraction of sp³-hybridized carbons (Fsp3) is 0.100. The number of rotatable bonds is 5. The first-order valence-corrected chi connectivity index (χ1v) is 13.9. The quantitative estimate of drug-likeness (QED) is 0.215. The van der Waals surface area contributed by atoms with E-state index in [0.717, 1.165) is 11.1 Å². The minimum Gasteiger partial charge on any atom is -0.0984 e. The van der Waals surface area contributed by atoms with Crippen molar-refractivity contribution >= 4 is 33.7 Å². The van der Waals surface area contributed by atoms with Gasteiger partial charge in [0, 0.05) is 0 Å². The van der Waals surface area contributed by atoms with Gasteiger partial charge in [-0.25, -0.2) is 0 Å². The van der Waals surface area contributed by atoms with Gasteiger partial charge in [-0.1, -0.05) is 149 Å². The average molecular weight is 515 g/mol. The van der Waals surface area contributed by atoms with Crippen LogP contribution in [0.15, 0.2) is 128 Å². The Morgan fingerprint density at radius 2 is 1.02 bits per heavy atom. The van der Waals surface area contributed by atoms with Crippen molar-refractivity contribution in [3.63, 3.8) is 0 Å². The third-order valence-corrected chi connectivity index (χ3v) is 7.98. The molecule has 0 saturated heterocycles. The van der Waals surface area contributed by atoms with E-state index in [-0.39, 0.29) is 5.41 Å². The summed E-state index contributed by atoms with van der Waals surface area (Å²) in [4.78, 5) is 0. The van der Waals surface area contributed by atoms with Crippen molar-refractivity contribution in [3.8, 4) is 33.4 Å². The average Bonchev–Trinajstić information content (AvgIpc) is 2.99. The molecule has 0 amide bonds. The number of hydrogen-bond donors (Lipinski definition) is 0. The molecule has 0 spiro atoms. The van der Waals surface area contributed by atoms with E-state index < -0.39 is 0 Å². The molecule has 0 fully saturated rings. The van der Waals surface area contributed by atoms with Crippen molar-refractivity contribution < 1.29 is 0 Å². The SMILES string of the molecule is C=Cc1c(C=C)c(-c2ccc(-c3ccccc3)cc2)c2cc(C(C)(C)C)ccc2c1-c1ccc2ccccc2c1. The van der Waals surface area contributed by atoms with E-state index in [4.69, 9.17) is 0 Å². The molecule has 0 bridgehead atoms. The van der Waals surface area contributed by atoms with Crippen LogP contribution in [0, 0.1) is 0 Å². The highest BCUT2D eigenvalue weighted by Gasteiger charge is 2.22. The van der Waals surface area contributed by atoms with Crippen LogP contribution in [-0.4, -0.2) is 0 Å². The summed E-state index contributed by atoms with van der Waals surface area (Å²) in [5, 5.41) is 4.94. The first kappa shape index (κ1) is 25.6. The molecule has 0 aliphatic heterocycles. The van der Waals surface area contributed by atoms with Crippen LogP contribution in [0.4, 0.5) is 0 Å². The lowest BCUT2D eigenvalue weighted by molar-refractivity contribution is 0.591. The summed E-state index contributed by atoms with van der Waals surface area (Å²) in [5.41, 5.74) is 10.8. The molecule has 0 N–H and O–H groups in total. The van der Waals surface area contributed by atoms with E-state index in [2.05, 4.69) is 149 Å². The molecule has 0 saturated carbocycles. The largest absolute Gasteiger partial charge is 0.0984 e. The maximum atomic E-state index is 4.31. The molecule has 6 aromatic rings. The summed E-state index contributed by atoms with van der Waals surface area (Å²) in [6, 6.07) is 41.8. The van der Waals surface area contributed by atoms with Crippen molar-refractivity contribution in [2.45, 2.75) is 26.2 Å².